The summed E-state index contributed by atoms with van der Waals surface area (Å²) in [6.45, 7) is 1.86. The highest BCUT2D eigenvalue weighted by Gasteiger charge is 1.96. The van der Waals surface area contributed by atoms with Crippen molar-refractivity contribution in [2.45, 2.75) is 0 Å². The van der Waals surface area contributed by atoms with Crippen LogP contribution < -0.4 is 15.4 Å². The van der Waals surface area contributed by atoms with Crippen molar-refractivity contribution in [3.05, 3.63) is 54.6 Å². The van der Waals surface area contributed by atoms with Crippen molar-refractivity contribution in [2.75, 3.05) is 25.5 Å². The van der Waals surface area contributed by atoms with E-state index in [0.29, 0.717) is 0 Å². The van der Waals surface area contributed by atoms with Crippen LogP contribution in [-0.2, 0) is 0 Å². The normalized spacial score (nSPS) is 10.1. The van der Waals surface area contributed by atoms with Gasteiger partial charge in [-0.25, -0.2) is 0 Å². The summed E-state index contributed by atoms with van der Waals surface area (Å²) in [5, 5.41) is 6.41. The number of anilines is 1. The Morgan fingerprint density at radius 2 is 1.50 bits per heavy atom. The van der Waals surface area contributed by atoms with Gasteiger partial charge in [-0.05, 0) is 43.4 Å². The van der Waals surface area contributed by atoms with Gasteiger partial charge in [0.1, 0.15) is 11.5 Å². The Kier molecular flexibility index (Phi) is 4.61. The highest BCUT2D eigenvalue weighted by Crippen LogP contribution is 2.22. The first-order valence-corrected chi connectivity index (χ1v) is 6.10. The van der Waals surface area contributed by atoms with Gasteiger partial charge in [0, 0.05) is 18.8 Å². The first-order valence-electron chi connectivity index (χ1n) is 6.10. The van der Waals surface area contributed by atoms with Crippen molar-refractivity contribution >= 4 is 5.69 Å². The fourth-order valence-electron chi connectivity index (χ4n) is 1.60. The number of nitrogens with one attached hydrogen (secondary N) is 2. The van der Waals surface area contributed by atoms with Gasteiger partial charge in [0.05, 0.1) is 0 Å². The molecule has 94 valence electrons. The van der Waals surface area contributed by atoms with Crippen molar-refractivity contribution < 1.29 is 4.74 Å². The van der Waals surface area contributed by atoms with Crippen LogP contribution in [0.5, 0.6) is 11.5 Å². The maximum atomic E-state index is 5.72. The second-order valence-corrected chi connectivity index (χ2v) is 3.97. The van der Waals surface area contributed by atoms with E-state index in [-0.39, 0.29) is 0 Å². The molecule has 2 rings (SSSR count). The topological polar surface area (TPSA) is 33.3 Å². The molecule has 0 radical (unpaired) electrons. The summed E-state index contributed by atoms with van der Waals surface area (Å²) in [4.78, 5) is 0. The minimum absolute atomic E-state index is 0.848. The van der Waals surface area contributed by atoms with Crippen LogP contribution in [0.3, 0.4) is 0 Å². The van der Waals surface area contributed by atoms with Gasteiger partial charge in [-0.15, -0.1) is 0 Å². The maximum Gasteiger partial charge on any atom is 0.127 e. The Labute approximate surface area is 108 Å². The molecule has 0 saturated heterocycles. The quantitative estimate of drug-likeness (QED) is 0.764. The lowest BCUT2D eigenvalue weighted by Gasteiger charge is -2.08. The number of likely N-dealkylation sites (N-methyl/N-ethyl adjacent to an activating group) is 1. The van der Waals surface area contributed by atoms with E-state index >= 15 is 0 Å². The van der Waals surface area contributed by atoms with Crippen molar-refractivity contribution in [3.63, 3.8) is 0 Å². The molecule has 2 N–H and O–H groups in total. The molecule has 0 heterocycles. The molecule has 2 aromatic carbocycles. The summed E-state index contributed by atoms with van der Waals surface area (Å²) in [6, 6.07) is 17.8. The predicted octanol–water partition coefficient (Wildman–Crippen LogP) is 3.11. The molecule has 0 aliphatic rings. The van der Waals surface area contributed by atoms with Crippen LogP contribution in [0.2, 0.25) is 0 Å². The summed E-state index contributed by atoms with van der Waals surface area (Å²) < 4.78 is 5.72. The van der Waals surface area contributed by atoms with Crippen molar-refractivity contribution in [1.82, 2.24) is 5.32 Å². The van der Waals surface area contributed by atoms with Crippen LogP contribution in [-0.4, -0.2) is 20.1 Å². The van der Waals surface area contributed by atoms with Gasteiger partial charge < -0.3 is 15.4 Å². The molecule has 0 unspecified atom stereocenters. The summed E-state index contributed by atoms with van der Waals surface area (Å²) >= 11 is 0. The van der Waals surface area contributed by atoms with E-state index in [1.165, 1.54) is 0 Å². The number of para-hydroxylation sites is 1. The van der Waals surface area contributed by atoms with Crippen LogP contribution in [0.1, 0.15) is 0 Å². The van der Waals surface area contributed by atoms with E-state index in [0.717, 1.165) is 30.3 Å². The lowest BCUT2D eigenvalue weighted by molar-refractivity contribution is 0.483. The van der Waals surface area contributed by atoms with Crippen molar-refractivity contribution in [3.8, 4) is 11.5 Å². The Morgan fingerprint density at radius 3 is 2.17 bits per heavy atom. The van der Waals surface area contributed by atoms with Gasteiger partial charge in [0.15, 0.2) is 0 Å². The zero-order valence-electron chi connectivity index (χ0n) is 10.5. The zero-order valence-corrected chi connectivity index (χ0v) is 10.5. The smallest absolute Gasteiger partial charge is 0.127 e. The third-order valence-electron chi connectivity index (χ3n) is 2.54. The highest BCUT2D eigenvalue weighted by atomic mass is 16.5. The zero-order chi connectivity index (χ0) is 12.6. The molecule has 0 spiro atoms. The number of benzene rings is 2. The number of hydrogen-bond donors (Lipinski definition) is 2. The molecule has 0 bridgehead atoms. The summed E-state index contributed by atoms with van der Waals surface area (Å²) in [7, 11) is 1.94. The third-order valence-corrected chi connectivity index (χ3v) is 2.54. The van der Waals surface area contributed by atoms with Crippen LogP contribution >= 0.6 is 0 Å². The van der Waals surface area contributed by atoms with E-state index < -0.39 is 0 Å². The summed E-state index contributed by atoms with van der Waals surface area (Å²) in [5.41, 5.74) is 1.10. The number of rotatable bonds is 6. The van der Waals surface area contributed by atoms with Crippen molar-refractivity contribution in [1.29, 1.82) is 0 Å². The maximum absolute atomic E-state index is 5.72. The minimum atomic E-state index is 0.848. The molecule has 0 saturated carbocycles. The third kappa shape index (κ3) is 3.79. The SMILES string of the molecule is CNCCNc1ccc(Oc2ccccc2)cc1. The van der Waals surface area contributed by atoms with Crippen LogP contribution in [0, 0.1) is 0 Å². The van der Waals surface area contributed by atoms with Gasteiger partial charge >= 0.3 is 0 Å². The Morgan fingerprint density at radius 1 is 0.833 bits per heavy atom. The summed E-state index contributed by atoms with van der Waals surface area (Å²) in [6.07, 6.45) is 0. The molecule has 3 heteroatoms. The molecule has 18 heavy (non-hydrogen) atoms. The molecule has 2 aromatic rings. The van der Waals surface area contributed by atoms with E-state index in [1.807, 2.05) is 61.6 Å². The van der Waals surface area contributed by atoms with Gasteiger partial charge in [-0.2, -0.15) is 0 Å². The molecule has 0 aromatic heterocycles. The Balaban J connectivity index is 1.91. The molecule has 0 amide bonds. The Hall–Kier alpha value is -2.00. The lowest BCUT2D eigenvalue weighted by atomic mass is 10.3. The van der Waals surface area contributed by atoms with E-state index in [1.54, 1.807) is 0 Å². The first-order chi connectivity index (χ1) is 8.88. The molecular formula is C15H18N2O. The first kappa shape index (κ1) is 12.5. The largest absolute Gasteiger partial charge is 0.457 e. The molecule has 0 atom stereocenters. The standard InChI is InChI=1S/C15H18N2O/c1-16-11-12-17-13-7-9-15(10-8-13)18-14-5-3-2-4-6-14/h2-10,16-17H,11-12H2,1H3. The molecule has 0 aliphatic heterocycles. The average Bonchev–Trinajstić information content (AvgIpc) is 2.42. The monoisotopic (exact) mass is 242 g/mol. The minimum Gasteiger partial charge on any atom is -0.457 e. The molecule has 0 aliphatic carbocycles. The fraction of sp³-hybridized carbons (Fsp3) is 0.200. The van der Waals surface area contributed by atoms with E-state index in [4.69, 9.17) is 4.74 Å². The van der Waals surface area contributed by atoms with Crippen molar-refractivity contribution in [2.24, 2.45) is 0 Å². The van der Waals surface area contributed by atoms with Crippen LogP contribution in [0.4, 0.5) is 5.69 Å². The van der Waals surface area contributed by atoms with Crippen LogP contribution in [0.15, 0.2) is 54.6 Å². The number of ether oxygens (including phenoxy) is 1. The molecule has 3 nitrogen and oxygen atoms in total. The fourth-order valence-corrected chi connectivity index (χ4v) is 1.60. The molecular weight excluding hydrogens is 224 g/mol. The summed E-state index contributed by atoms with van der Waals surface area (Å²) in [5.74, 6) is 1.70. The van der Waals surface area contributed by atoms with Gasteiger partial charge in [-0.3, -0.25) is 0 Å². The van der Waals surface area contributed by atoms with E-state index in [9.17, 15) is 0 Å². The lowest BCUT2D eigenvalue weighted by Crippen LogP contribution is -2.17. The number of hydrogen-bond acceptors (Lipinski definition) is 3. The average molecular weight is 242 g/mol. The highest BCUT2D eigenvalue weighted by molar-refractivity contribution is 5.47. The van der Waals surface area contributed by atoms with Crippen LogP contribution in [0.25, 0.3) is 0 Å². The van der Waals surface area contributed by atoms with Gasteiger partial charge in [-0.1, -0.05) is 18.2 Å². The predicted molar refractivity (Wildman–Crippen MR) is 75.4 cm³/mol. The Bertz CT molecular complexity index is 454. The molecule has 0 fully saturated rings. The van der Waals surface area contributed by atoms with Gasteiger partial charge in [0.25, 0.3) is 0 Å². The van der Waals surface area contributed by atoms with E-state index in [2.05, 4.69) is 10.6 Å². The second-order valence-electron chi connectivity index (χ2n) is 3.97. The second kappa shape index (κ2) is 6.67. The van der Waals surface area contributed by atoms with Gasteiger partial charge in [0.2, 0.25) is 0 Å².